The van der Waals surface area contributed by atoms with Crippen molar-refractivity contribution in [2.75, 3.05) is 71.4 Å². The van der Waals surface area contributed by atoms with Gasteiger partial charge in [-0.15, -0.1) is 11.3 Å². The summed E-state index contributed by atoms with van der Waals surface area (Å²) in [7, 11) is 1.67. The lowest BCUT2D eigenvalue weighted by molar-refractivity contribution is 0.00980. The van der Waals surface area contributed by atoms with Gasteiger partial charge in [0, 0.05) is 37.7 Å². The molecule has 2 aromatic heterocycles. The Bertz CT molecular complexity index is 1030. The Kier molecular flexibility index (Phi) is 10.00. The van der Waals surface area contributed by atoms with Crippen molar-refractivity contribution in [2.24, 2.45) is 5.92 Å². The summed E-state index contributed by atoms with van der Waals surface area (Å²) in [4.78, 5) is 16.2. The average molecular weight is 505 g/mol. The molecule has 0 radical (unpaired) electrons. The Balaban J connectivity index is 1.15. The molecule has 10 heteroatoms. The van der Waals surface area contributed by atoms with Crippen molar-refractivity contribution in [1.82, 2.24) is 15.0 Å². The van der Waals surface area contributed by atoms with E-state index in [0.717, 1.165) is 71.4 Å². The first-order valence-corrected chi connectivity index (χ1v) is 12.9. The van der Waals surface area contributed by atoms with Crippen LogP contribution in [0.25, 0.3) is 20.8 Å². The van der Waals surface area contributed by atoms with Crippen molar-refractivity contribution in [1.29, 1.82) is 0 Å². The minimum atomic E-state index is -0.455. The molecule has 4 rings (SSSR count). The van der Waals surface area contributed by atoms with Gasteiger partial charge >= 0.3 is 0 Å². The van der Waals surface area contributed by atoms with Gasteiger partial charge in [-0.1, -0.05) is 0 Å². The first-order chi connectivity index (χ1) is 17.3. The Morgan fingerprint density at radius 3 is 2.34 bits per heavy atom. The number of nitrogens with zero attached hydrogens (tertiary/aromatic N) is 4. The quantitative estimate of drug-likeness (QED) is 0.299. The number of anilines is 1. The number of piperidine rings is 1. The highest BCUT2D eigenvalue weighted by Crippen LogP contribution is 2.32. The van der Waals surface area contributed by atoms with Crippen molar-refractivity contribution in [3.63, 3.8) is 0 Å². The number of ether oxygens (including phenoxy) is 4. The van der Waals surface area contributed by atoms with Gasteiger partial charge in [-0.2, -0.15) is 0 Å². The van der Waals surface area contributed by atoms with Gasteiger partial charge in [-0.25, -0.2) is 19.3 Å². The van der Waals surface area contributed by atoms with Crippen LogP contribution in [0.4, 0.5) is 10.3 Å². The number of rotatable bonds is 14. The molecule has 190 valence electrons. The average Bonchev–Trinajstić information content (AvgIpc) is 3.34. The van der Waals surface area contributed by atoms with E-state index in [1.54, 1.807) is 18.4 Å². The lowest BCUT2D eigenvalue weighted by atomic mass is 9.94. The van der Waals surface area contributed by atoms with Crippen molar-refractivity contribution < 1.29 is 23.3 Å². The summed E-state index contributed by atoms with van der Waals surface area (Å²) in [6, 6.07) is 5.90. The molecule has 0 bridgehead atoms. The number of halogens is 1. The zero-order chi connectivity index (χ0) is 24.3. The fourth-order valence-electron chi connectivity index (χ4n) is 4.02. The highest BCUT2D eigenvalue weighted by Gasteiger charge is 2.21. The van der Waals surface area contributed by atoms with Gasteiger partial charge in [-0.3, -0.25) is 0 Å². The van der Waals surface area contributed by atoms with E-state index in [1.807, 2.05) is 30.6 Å². The van der Waals surface area contributed by atoms with Crippen LogP contribution in [-0.2, 0) is 14.2 Å². The first-order valence-electron chi connectivity index (χ1n) is 12.1. The van der Waals surface area contributed by atoms with E-state index in [2.05, 4.69) is 14.9 Å². The molecule has 1 aromatic carbocycles. The number of hydrogen-bond donors (Lipinski definition) is 0. The summed E-state index contributed by atoms with van der Waals surface area (Å²) < 4.78 is 34.4. The van der Waals surface area contributed by atoms with Crippen LogP contribution < -0.4 is 9.64 Å². The van der Waals surface area contributed by atoms with E-state index in [0.29, 0.717) is 32.3 Å². The number of hydrogen-bond acceptors (Lipinski definition) is 9. The van der Waals surface area contributed by atoms with E-state index in [1.165, 1.54) is 0 Å². The number of aromatic nitrogens is 3. The second-order valence-corrected chi connectivity index (χ2v) is 9.40. The van der Waals surface area contributed by atoms with Crippen LogP contribution in [0.5, 0.6) is 5.75 Å². The fourth-order valence-corrected chi connectivity index (χ4v) is 4.99. The molecule has 3 aromatic rings. The SMILES string of the molecule is COc1ccc2nc(-c3cnc(N4CCC(CCOCCOCCOCCF)CC4)nc3)sc2c1. The smallest absolute Gasteiger partial charge is 0.225 e. The minimum absolute atomic E-state index is 0.136. The molecule has 0 amide bonds. The van der Waals surface area contributed by atoms with Crippen LogP contribution in [0.2, 0.25) is 0 Å². The van der Waals surface area contributed by atoms with Crippen molar-refractivity contribution in [2.45, 2.75) is 19.3 Å². The third kappa shape index (κ3) is 7.54. The minimum Gasteiger partial charge on any atom is -0.497 e. The van der Waals surface area contributed by atoms with Crippen LogP contribution in [-0.4, -0.2) is 81.5 Å². The van der Waals surface area contributed by atoms with E-state index in [9.17, 15) is 4.39 Å². The predicted octanol–water partition coefficient (Wildman–Crippen LogP) is 4.39. The maximum absolute atomic E-state index is 11.9. The van der Waals surface area contributed by atoms with Crippen molar-refractivity contribution in [3.05, 3.63) is 30.6 Å². The normalized spacial score (nSPS) is 14.6. The number of methoxy groups -OCH3 is 1. The molecule has 0 N–H and O–H groups in total. The highest BCUT2D eigenvalue weighted by molar-refractivity contribution is 7.21. The summed E-state index contributed by atoms with van der Waals surface area (Å²) in [5, 5.41) is 0.911. The van der Waals surface area contributed by atoms with Crippen molar-refractivity contribution in [3.8, 4) is 16.3 Å². The Morgan fingerprint density at radius 1 is 0.971 bits per heavy atom. The molecule has 1 aliphatic rings. The Hall–Kier alpha value is -2.40. The molecule has 3 heterocycles. The summed E-state index contributed by atoms with van der Waals surface area (Å²) >= 11 is 1.62. The second-order valence-electron chi connectivity index (χ2n) is 8.37. The molecule has 1 saturated heterocycles. The Morgan fingerprint density at radius 2 is 1.66 bits per heavy atom. The van der Waals surface area contributed by atoms with Gasteiger partial charge in [0.15, 0.2) is 0 Å². The third-order valence-electron chi connectivity index (χ3n) is 6.01. The van der Waals surface area contributed by atoms with Crippen LogP contribution in [0.3, 0.4) is 0 Å². The molecule has 1 fully saturated rings. The molecule has 8 nitrogen and oxygen atoms in total. The van der Waals surface area contributed by atoms with Crippen LogP contribution in [0, 0.1) is 5.92 Å². The molecule has 0 unspecified atom stereocenters. The molecular weight excluding hydrogens is 471 g/mol. The number of thiazole rings is 1. The summed E-state index contributed by atoms with van der Waals surface area (Å²) in [6.07, 6.45) is 7.00. The number of alkyl halides is 1. The largest absolute Gasteiger partial charge is 0.497 e. The lowest BCUT2D eigenvalue weighted by Gasteiger charge is -2.31. The molecule has 0 atom stereocenters. The van der Waals surface area contributed by atoms with Gasteiger partial charge in [0.1, 0.15) is 17.4 Å². The van der Waals surface area contributed by atoms with Crippen molar-refractivity contribution >= 4 is 27.5 Å². The van der Waals surface area contributed by atoms with Gasteiger partial charge in [0.25, 0.3) is 0 Å². The van der Waals surface area contributed by atoms with Crippen LogP contribution >= 0.6 is 11.3 Å². The molecule has 1 aliphatic heterocycles. The maximum atomic E-state index is 11.9. The standard InChI is InChI=1S/C25H33FN4O4S/c1-31-21-2-3-22-23(16-21)35-24(29-22)20-17-27-25(28-18-20)30-8-4-19(5-9-30)6-10-32-12-14-34-15-13-33-11-7-26/h2-3,16-19H,4-15H2,1H3. The monoisotopic (exact) mass is 504 g/mol. The molecular formula is C25H33FN4O4S. The Labute approximate surface area is 209 Å². The third-order valence-corrected chi connectivity index (χ3v) is 7.08. The van der Waals surface area contributed by atoms with E-state index in [-0.39, 0.29) is 6.61 Å². The van der Waals surface area contributed by atoms with Gasteiger partial charge in [-0.05, 0) is 43.4 Å². The van der Waals surface area contributed by atoms with Gasteiger partial charge in [0.05, 0.1) is 50.4 Å². The van der Waals surface area contributed by atoms with E-state index < -0.39 is 6.67 Å². The zero-order valence-corrected chi connectivity index (χ0v) is 21.0. The van der Waals surface area contributed by atoms with Gasteiger partial charge < -0.3 is 23.8 Å². The second kappa shape index (κ2) is 13.6. The van der Waals surface area contributed by atoms with Gasteiger partial charge in [0.2, 0.25) is 5.95 Å². The molecule has 0 aliphatic carbocycles. The summed E-state index contributed by atoms with van der Waals surface area (Å²) in [6.45, 7) is 4.33. The summed E-state index contributed by atoms with van der Waals surface area (Å²) in [5.41, 5.74) is 1.88. The first kappa shape index (κ1) is 25.7. The lowest BCUT2D eigenvalue weighted by Crippen LogP contribution is -2.35. The van der Waals surface area contributed by atoms with E-state index in [4.69, 9.17) is 23.9 Å². The predicted molar refractivity (Wildman–Crippen MR) is 135 cm³/mol. The molecule has 0 saturated carbocycles. The zero-order valence-electron chi connectivity index (χ0n) is 20.2. The van der Waals surface area contributed by atoms with Crippen LogP contribution in [0.15, 0.2) is 30.6 Å². The molecule has 35 heavy (non-hydrogen) atoms. The maximum Gasteiger partial charge on any atom is 0.225 e. The summed E-state index contributed by atoms with van der Waals surface area (Å²) in [5.74, 6) is 2.26. The highest BCUT2D eigenvalue weighted by atomic mass is 32.1. The van der Waals surface area contributed by atoms with E-state index >= 15 is 0 Å². The number of fused-ring (bicyclic) bond motifs is 1. The molecule has 0 spiro atoms. The van der Waals surface area contributed by atoms with Crippen LogP contribution in [0.1, 0.15) is 19.3 Å². The fraction of sp³-hybridized carbons (Fsp3) is 0.560. The number of benzene rings is 1. The topological polar surface area (TPSA) is 78.8 Å².